The summed E-state index contributed by atoms with van der Waals surface area (Å²) < 4.78 is 14.6. The lowest BCUT2D eigenvalue weighted by molar-refractivity contribution is 0.0413. The highest BCUT2D eigenvalue weighted by Gasteiger charge is 2.16. The third-order valence-corrected chi connectivity index (χ3v) is 1.64. The molecular formula is C11H16N2O5. The Labute approximate surface area is 104 Å². The van der Waals surface area contributed by atoms with Crippen molar-refractivity contribution in [3.05, 3.63) is 18.4 Å². The van der Waals surface area contributed by atoms with Gasteiger partial charge >= 0.3 is 12.1 Å². The highest BCUT2D eigenvalue weighted by atomic mass is 16.6. The summed E-state index contributed by atoms with van der Waals surface area (Å²) in [7, 11) is 0. The van der Waals surface area contributed by atoms with Gasteiger partial charge in [0.15, 0.2) is 6.39 Å². The molecule has 1 amide bonds. The third kappa shape index (κ3) is 5.33. The van der Waals surface area contributed by atoms with E-state index in [2.05, 4.69) is 10.3 Å². The third-order valence-electron chi connectivity index (χ3n) is 1.64. The fourth-order valence-electron chi connectivity index (χ4n) is 0.999. The van der Waals surface area contributed by atoms with Crippen molar-refractivity contribution in [1.29, 1.82) is 0 Å². The molecule has 0 aliphatic carbocycles. The Bertz CT molecular complexity index is 394. The van der Waals surface area contributed by atoms with E-state index in [0.29, 0.717) is 0 Å². The number of hydrogen-bond donors (Lipinski definition) is 1. The van der Waals surface area contributed by atoms with Gasteiger partial charge in [-0.1, -0.05) is 0 Å². The number of nitrogens with one attached hydrogen (secondary N) is 1. The van der Waals surface area contributed by atoms with Crippen molar-refractivity contribution in [3.8, 4) is 0 Å². The first-order valence-electron chi connectivity index (χ1n) is 5.41. The summed E-state index contributed by atoms with van der Waals surface area (Å²) in [6.07, 6.45) is 1.83. The first-order chi connectivity index (χ1) is 8.38. The Morgan fingerprint density at radius 3 is 2.72 bits per heavy atom. The number of rotatable bonds is 4. The van der Waals surface area contributed by atoms with Crippen LogP contribution in [0.2, 0.25) is 0 Å². The highest BCUT2D eigenvalue weighted by Crippen LogP contribution is 2.06. The molecule has 7 nitrogen and oxygen atoms in total. The van der Waals surface area contributed by atoms with Crippen LogP contribution in [0, 0.1) is 0 Å². The first kappa shape index (κ1) is 14.0. The molecule has 0 unspecified atom stereocenters. The maximum absolute atomic E-state index is 11.3. The van der Waals surface area contributed by atoms with Gasteiger partial charge in [-0.05, 0) is 20.8 Å². The van der Waals surface area contributed by atoms with Gasteiger partial charge in [0.05, 0.1) is 12.7 Å². The van der Waals surface area contributed by atoms with E-state index in [1.165, 1.54) is 6.20 Å². The zero-order chi connectivity index (χ0) is 13.6. The van der Waals surface area contributed by atoms with E-state index in [-0.39, 0.29) is 18.9 Å². The van der Waals surface area contributed by atoms with Gasteiger partial charge in [-0.3, -0.25) is 0 Å². The van der Waals surface area contributed by atoms with E-state index < -0.39 is 17.7 Å². The van der Waals surface area contributed by atoms with Crippen LogP contribution < -0.4 is 5.32 Å². The van der Waals surface area contributed by atoms with Gasteiger partial charge in [-0.15, -0.1) is 0 Å². The Morgan fingerprint density at radius 1 is 1.44 bits per heavy atom. The van der Waals surface area contributed by atoms with Crippen LogP contribution in [0.5, 0.6) is 0 Å². The summed E-state index contributed by atoms with van der Waals surface area (Å²) in [5.74, 6) is -0.606. The maximum atomic E-state index is 11.3. The zero-order valence-corrected chi connectivity index (χ0v) is 10.6. The average Bonchev–Trinajstić information content (AvgIpc) is 2.74. The van der Waals surface area contributed by atoms with Gasteiger partial charge in [0.25, 0.3) is 0 Å². The lowest BCUT2D eigenvalue weighted by Crippen LogP contribution is -2.34. The standard InChI is InChI=1S/C11H16N2O5/c1-11(2,3)18-10(15)13-4-5-16-9(14)8-6-12-7-17-8/h6-7H,4-5H2,1-3H3,(H,13,15). The van der Waals surface area contributed by atoms with Crippen LogP contribution in [0.4, 0.5) is 4.79 Å². The molecule has 0 fully saturated rings. The molecule has 0 saturated heterocycles. The first-order valence-corrected chi connectivity index (χ1v) is 5.41. The summed E-state index contributed by atoms with van der Waals surface area (Å²) in [6, 6.07) is 0. The molecule has 0 spiro atoms. The second kappa shape index (κ2) is 6.04. The summed E-state index contributed by atoms with van der Waals surface area (Å²) in [5, 5.41) is 2.46. The SMILES string of the molecule is CC(C)(C)OC(=O)NCCOC(=O)c1cnco1. The van der Waals surface area contributed by atoms with Gasteiger partial charge in [-0.25, -0.2) is 14.6 Å². The Morgan fingerprint density at radius 2 is 2.17 bits per heavy atom. The minimum Gasteiger partial charge on any atom is -0.458 e. The number of esters is 1. The Kier molecular flexibility index (Phi) is 4.70. The fraction of sp³-hybridized carbons (Fsp3) is 0.545. The number of carbonyl (C=O) groups is 2. The number of alkyl carbamates (subject to hydrolysis) is 1. The molecule has 18 heavy (non-hydrogen) atoms. The molecule has 1 heterocycles. The number of aromatic nitrogens is 1. The molecule has 0 atom stereocenters. The van der Waals surface area contributed by atoms with E-state index in [1.807, 2.05) is 0 Å². The molecule has 100 valence electrons. The van der Waals surface area contributed by atoms with Gasteiger partial charge < -0.3 is 19.2 Å². The molecule has 1 N–H and O–H groups in total. The number of nitrogens with zero attached hydrogens (tertiary/aromatic N) is 1. The molecule has 0 aromatic carbocycles. The molecular weight excluding hydrogens is 240 g/mol. The van der Waals surface area contributed by atoms with Gasteiger partial charge in [0, 0.05) is 0 Å². The predicted molar refractivity (Wildman–Crippen MR) is 61.0 cm³/mol. The number of oxazole rings is 1. The van der Waals surface area contributed by atoms with Crippen molar-refractivity contribution in [2.45, 2.75) is 26.4 Å². The Hall–Kier alpha value is -2.05. The summed E-state index contributed by atoms with van der Waals surface area (Å²) >= 11 is 0. The molecule has 1 aromatic heterocycles. The minimum absolute atomic E-state index is 0.0206. The van der Waals surface area contributed by atoms with Crippen molar-refractivity contribution in [2.75, 3.05) is 13.2 Å². The topological polar surface area (TPSA) is 90.7 Å². The monoisotopic (exact) mass is 256 g/mol. The quantitative estimate of drug-likeness (QED) is 0.646. The van der Waals surface area contributed by atoms with Gasteiger partial charge in [0.2, 0.25) is 5.76 Å². The van der Waals surface area contributed by atoms with Crippen LogP contribution in [0.3, 0.4) is 0 Å². The van der Waals surface area contributed by atoms with Gasteiger partial charge in [0.1, 0.15) is 12.2 Å². The molecule has 0 saturated carbocycles. The zero-order valence-electron chi connectivity index (χ0n) is 10.6. The Balaban J connectivity index is 2.16. The molecule has 0 aliphatic heterocycles. The summed E-state index contributed by atoms with van der Waals surface area (Å²) in [5.41, 5.74) is -0.555. The van der Waals surface area contributed by atoms with E-state index in [0.717, 1.165) is 6.39 Å². The van der Waals surface area contributed by atoms with Crippen molar-refractivity contribution < 1.29 is 23.5 Å². The van der Waals surface area contributed by atoms with Crippen LogP contribution in [0.15, 0.2) is 17.0 Å². The van der Waals surface area contributed by atoms with Crippen molar-refractivity contribution >= 4 is 12.1 Å². The summed E-state index contributed by atoms with van der Waals surface area (Å²) in [4.78, 5) is 26.1. The number of amides is 1. The lowest BCUT2D eigenvalue weighted by Gasteiger charge is -2.19. The number of hydrogen-bond acceptors (Lipinski definition) is 6. The lowest BCUT2D eigenvalue weighted by atomic mass is 10.2. The second-order valence-electron chi connectivity index (χ2n) is 4.43. The van der Waals surface area contributed by atoms with Crippen LogP contribution in [-0.2, 0) is 9.47 Å². The van der Waals surface area contributed by atoms with Crippen molar-refractivity contribution in [1.82, 2.24) is 10.3 Å². The fourth-order valence-corrected chi connectivity index (χ4v) is 0.999. The van der Waals surface area contributed by atoms with Gasteiger partial charge in [-0.2, -0.15) is 0 Å². The molecule has 0 aliphatic rings. The normalized spacial score (nSPS) is 10.8. The van der Waals surface area contributed by atoms with Crippen LogP contribution in [0.25, 0.3) is 0 Å². The average molecular weight is 256 g/mol. The van der Waals surface area contributed by atoms with E-state index in [9.17, 15) is 9.59 Å². The highest BCUT2D eigenvalue weighted by molar-refractivity contribution is 5.85. The van der Waals surface area contributed by atoms with E-state index in [1.54, 1.807) is 20.8 Å². The maximum Gasteiger partial charge on any atom is 0.407 e. The summed E-state index contributed by atoms with van der Waals surface area (Å²) in [6.45, 7) is 5.47. The van der Waals surface area contributed by atoms with Crippen molar-refractivity contribution in [3.63, 3.8) is 0 Å². The number of carbonyl (C=O) groups excluding carboxylic acids is 2. The second-order valence-corrected chi connectivity index (χ2v) is 4.43. The molecule has 1 rings (SSSR count). The predicted octanol–water partition coefficient (Wildman–Crippen LogP) is 1.36. The number of ether oxygens (including phenoxy) is 2. The molecule has 0 radical (unpaired) electrons. The minimum atomic E-state index is -0.626. The largest absolute Gasteiger partial charge is 0.458 e. The molecule has 7 heteroatoms. The van der Waals surface area contributed by atoms with Crippen LogP contribution in [-0.4, -0.2) is 35.8 Å². The smallest absolute Gasteiger partial charge is 0.407 e. The van der Waals surface area contributed by atoms with Crippen molar-refractivity contribution in [2.24, 2.45) is 0 Å². The van der Waals surface area contributed by atoms with Crippen LogP contribution in [0.1, 0.15) is 31.3 Å². The van der Waals surface area contributed by atoms with E-state index >= 15 is 0 Å². The van der Waals surface area contributed by atoms with E-state index in [4.69, 9.17) is 13.9 Å². The molecule has 1 aromatic rings. The van der Waals surface area contributed by atoms with Crippen LogP contribution >= 0.6 is 0 Å². The molecule has 0 bridgehead atoms.